The number of para-hydroxylation sites is 1. The fraction of sp³-hybridized carbons (Fsp3) is 0.200. The largest absolute Gasteiger partial charge is 0.484 e. The van der Waals surface area contributed by atoms with Crippen molar-refractivity contribution in [1.29, 1.82) is 0 Å². The maximum absolute atomic E-state index is 12.3. The first-order valence-electron chi connectivity index (χ1n) is 8.95. The third kappa shape index (κ3) is 5.90. The van der Waals surface area contributed by atoms with E-state index in [2.05, 4.69) is 20.3 Å². The van der Waals surface area contributed by atoms with E-state index in [0.717, 1.165) is 0 Å². The summed E-state index contributed by atoms with van der Waals surface area (Å²) in [6, 6.07) is 11.7. The van der Waals surface area contributed by atoms with E-state index >= 15 is 0 Å². The number of halogens is 2. The van der Waals surface area contributed by atoms with Crippen molar-refractivity contribution in [2.24, 2.45) is 7.05 Å². The van der Waals surface area contributed by atoms with E-state index in [1.807, 2.05) is 12.1 Å². The molecule has 0 bridgehead atoms. The Hall–Kier alpha value is -2.75. The number of thioether (sulfide) groups is 1. The van der Waals surface area contributed by atoms with Crippen molar-refractivity contribution in [3.63, 3.8) is 0 Å². The Morgan fingerprint density at radius 3 is 2.65 bits per heavy atom. The lowest BCUT2D eigenvalue weighted by atomic mass is 10.2. The fourth-order valence-corrected chi connectivity index (χ4v) is 3.61. The molecular formula is C20H18Cl2N4O4S. The molecule has 0 saturated heterocycles. The molecule has 162 valence electrons. The van der Waals surface area contributed by atoms with Crippen LogP contribution in [0.5, 0.6) is 5.75 Å². The molecular weight excluding hydrogens is 463 g/mol. The molecule has 0 fully saturated rings. The minimum absolute atomic E-state index is 0.0908. The number of benzene rings is 2. The summed E-state index contributed by atoms with van der Waals surface area (Å²) in [6.45, 7) is 0.182. The number of nitrogens with zero attached hydrogens (tertiary/aromatic N) is 3. The third-order valence-corrected chi connectivity index (χ3v) is 5.77. The van der Waals surface area contributed by atoms with Crippen LogP contribution < -0.4 is 10.1 Å². The molecule has 2 aromatic carbocycles. The third-order valence-electron chi connectivity index (χ3n) is 4.11. The zero-order valence-electron chi connectivity index (χ0n) is 16.6. The molecule has 1 N–H and O–H groups in total. The summed E-state index contributed by atoms with van der Waals surface area (Å²) < 4.78 is 12.1. The summed E-state index contributed by atoms with van der Waals surface area (Å²) in [6.07, 6.45) is 0. The Bertz CT molecular complexity index is 1110. The van der Waals surface area contributed by atoms with E-state index < -0.39 is 5.97 Å². The lowest BCUT2D eigenvalue weighted by Crippen LogP contribution is -2.15. The highest BCUT2D eigenvalue weighted by atomic mass is 35.5. The quantitative estimate of drug-likeness (QED) is 0.380. The first kappa shape index (κ1) is 22.9. The number of ether oxygens (including phenoxy) is 2. The van der Waals surface area contributed by atoms with Crippen molar-refractivity contribution in [3.05, 3.63) is 63.9 Å². The maximum Gasteiger partial charge on any atom is 0.339 e. The standard InChI is InChI=1S/C20H18Cl2N4O4S/c1-26-17(10-30-16-6-4-3-5-15(16)22)24-25-20(26)31-11-18(27)23-12-7-8-14(21)13(9-12)19(28)29-2/h3-9H,10-11H2,1-2H3,(H,23,27). The molecule has 0 radical (unpaired) electrons. The molecule has 0 unspecified atom stereocenters. The van der Waals surface area contributed by atoms with Gasteiger partial charge < -0.3 is 19.4 Å². The monoisotopic (exact) mass is 480 g/mol. The molecule has 1 heterocycles. The average molecular weight is 481 g/mol. The number of hydrogen-bond acceptors (Lipinski definition) is 7. The number of nitrogens with one attached hydrogen (secondary N) is 1. The van der Waals surface area contributed by atoms with E-state index in [1.165, 1.54) is 31.0 Å². The zero-order valence-corrected chi connectivity index (χ0v) is 18.9. The number of amides is 1. The van der Waals surface area contributed by atoms with Gasteiger partial charge in [0, 0.05) is 12.7 Å². The minimum Gasteiger partial charge on any atom is -0.484 e. The number of esters is 1. The van der Waals surface area contributed by atoms with Crippen LogP contribution in [0.3, 0.4) is 0 Å². The first-order valence-corrected chi connectivity index (χ1v) is 10.7. The molecule has 0 aliphatic rings. The van der Waals surface area contributed by atoms with Crippen LogP contribution in [0, 0.1) is 0 Å². The number of hydrogen-bond donors (Lipinski definition) is 1. The van der Waals surface area contributed by atoms with Gasteiger partial charge in [-0.05, 0) is 30.3 Å². The highest BCUT2D eigenvalue weighted by Crippen LogP contribution is 2.25. The van der Waals surface area contributed by atoms with Gasteiger partial charge in [0.1, 0.15) is 12.4 Å². The van der Waals surface area contributed by atoms with Gasteiger partial charge >= 0.3 is 5.97 Å². The number of aromatic nitrogens is 3. The Labute approximate surface area is 192 Å². The predicted molar refractivity (Wildman–Crippen MR) is 119 cm³/mol. The summed E-state index contributed by atoms with van der Waals surface area (Å²) in [7, 11) is 3.04. The SMILES string of the molecule is COC(=O)c1cc(NC(=O)CSc2nnc(COc3ccccc3Cl)n2C)ccc1Cl. The molecule has 0 spiro atoms. The number of carbonyl (C=O) groups excluding carboxylic acids is 2. The van der Waals surface area contributed by atoms with Crippen LogP contribution in [-0.4, -0.2) is 39.5 Å². The number of anilines is 1. The zero-order chi connectivity index (χ0) is 22.4. The van der Waals surface area contributed by atoms with Gasteiger partial charge in [0.05, 0.1) is 28.5 Å². The van der Waals surface area contributed by atoms with Crippen molar-refractivity contribution in [2.75, 3.05) is 18.2 Å². The fourth-order valence-electron chi connectivity index (χ4n) is 2.50. The molecule has 0 saturated carbocycles. The van der Waals surface area contributed by atoms with Gasteiger partial charge in [-0.25, -0.2) is 4.79 Å². The highest BCUT2D eigenvalue weighted by Gasteiger charge is 2.15. The van der Waals surface area contributed by atoms with Gasteiger partial charge in [-0.2, -0.15) is 0 Å². The molecule has 1 aromatic heterocycles. The number of methoxy groups -OCH3 is 1. The molecule has 31 heavy (non-hydrogen) atoms. The summed E-state index contributed by atoms with van der Waals surface area (Å²) in [5, 5.41) is 12.2. The van der Waals surface area contributed by atoms with Crippen LogP contribution in [0.25, 0.3) is 0 Å². The molecule has 0 aliphatic heterocycles. The van der Waals surface area contributed by atoms with Crippen LogP contribution >= 0.6 is 35.0 Å². The van der Waals surface area contributed by atoms with Crippen molar-refractivity contribution < 1.29 is 19.1 Å². The Morgan fingerprint density at radius 2 is 1.90 bits per heavy atom. The van der Waals surface area contributed by atoms with Crippen LogP contribution in [0.15, 0.2) is 47.6 Å². The summed E-state index contributed by atoms with van der Waals surface area (Å²) in [4.78, 5) is 24.0. The first-order chi connectivity index (χ1) is 14.9. The molecule has 3 rings (SSSR count). The normalized spacial score (nSPS) is 10.6. The Morgan fingerprint density at radius 1 is 1.13 bits per heavy atom. The van der Waals surface area contributed by atoms with Crippen molar-refractivity contribution in [1.82, 2.24) is 14.8 Å². The topological polar surface area (TPSA) is 95.3 Å². The van der Waals surface area contributed by atoms with Crippen LogP contribution in [0.4, 0.5) is 5.69 Å². The van der Waals surface area contributed by atoms with Crippen LogP contribution in [0.1, 0.15) is 16.2 Å². The second-order valence-electron chi connectivity index (χ2n) is 6.20. The highest BCUT2D eigenvalue weighted by molar-refractivity contribution is 7.99. The van der Waals surface area contributed by atoms with E-state index in [9.17, 15) is 9.59 Å². The molecule has 1 amide bonds. The average Bonchev–Trinajstić information content (AvgIpc) is 3.12. The minimum atomic E-state index is -0.582. The summed E-state index contributed by atoms with van der Waals surface area (Å²) >= 11 is 13.3. The number of rotatable bonds is 8. The lowest BCUT2D eigenvalue weighted by Gasteiger charge is -2.09. The molecule has 3 aromatic rings. The maximum atomic E-state index is 12.3. The van der Waals surface area contributed by atoms with Gasteiger partial charge in [0.25, 0.3) is 0 Å². The van der Waals surface area contributed by atoms with Crippen LogP contribution in [0.2, 0.25) is 10.0 Å². The molecule has 0 atom stereocenters. The van der Waals surface area contributed by atoms with Gasteiger partial charge in [-0.3, -0.25) is 4.79 Å². The van der Waals surface area contributed by atoms with E-state index in [0.29, 0.717) is 27.4 Å². The molecule has 8 nitrogen and oxygen atoms in total. The van der Waals surface area contributed by atoms with Gasteiger partial charge in [-0.15, -0.1) is 10.2 Å². The van der Waals surface area contributed by atoms with Gasteiger partial charge in [0.15, 0.2) is 11.0 Å². The van der Waals surface area contributed by atoms with Gasteiger partial charge in [-0.1, -0.05) is 47.1 Å². The van der Waals surface area contributed by atoms with Gasteiger partial charge in [0.2, 0.25) is 5.91 Å². The number of carbonyl (C=O) groups is 2. The van der Waals surface area contributed by atoms with E-state index in [1.54, 1.807) is 29.8 Å². The Balaban J connectivity index is 1.56. The van der Waals surface area contributed by atoms with E-state index in [-0.39, 0.29) is 28.9 Å². The lowest BCUT2D eigenvalue weighted by molar-refractivity contribution is -0.113. The molecule has 0 aliphatic carbocycles. The summed E-state index contributed by atoms with van der Waals surface area (Å²) in [5.41, 5.74) is 0.605. The Kier molecular flexibility index (Phi) is 7.78. The predicted octanol–water partition coefficient (Wildman–Crippen LogP) is 4.22. The smallest absolute Gasteiger partial charge is 0.339 e. The van der Waals surface area contributed by atoms with Crippen molar-refractivity contribution >= 4 is 52.5 Å². The second-order valence-corrected chi connectivity index (χ2v) is 7.96. The van der Waals surface area contributed by atoms with E-state index in [4.69, 9.17) is 27.9 Å². The van der Waals surface area contributed by atoms with Crippen molar-refractivity contribution in [3.8, 4) is 5.75 Å². The van der Waals surface area contributed by atoms with Crippen LogP contribution in [-0.2, 0) is 23.2 Å². The summed E-state index contributed by atoms with van der Waals surface area (Å²) in [5.74, 6) is 0.368. The molecule has 11 heteroatoms. The van der Waals surface area contributed by atoms with Crippen molar-refractivity contribution in [2.45, 2.75) is 11.8 Å². The second kappa shape index (κ2) is 10.5.